The molecule has 0 unspecified atom stereocenters. The number of carbonyl (C=O) groups excluding carboxylic acids is 1. The number of piperazine rings is 1. The van der Waals surface area contributed by atoms with Crippen LogP contribution in [0.1, 0.15) is 26.2 Å². The minimum absolute atomic E-state index is 0.0123. The van der Waals surface area contributed by atoms with Crippen LogP contribution in [-0.4, -0.2) is 107 Å². The maximum atomic E-state index is 13.0. The average molecular weight is 488 g/mol. The molecule has 3 heterocycles. The zero-order valence-corrected chi connectivity index (χ0v) is 19.4. The molecule has 0 amide bonds. The number of hydrogen-bond donors (Lipinski definition) is 0. The van der Waals surface area contributed by atoms with Gasteiger partial charge in [0.15, 0.2) is 9.84 Å². The number of sulfonamides is 1. The van der Waals surface area contributed by atoms with Crippen LogP contribution >= 0.6 is 0 Å². The lowest BCUT2D eigenvalue weighted by atomic mass is 10.0. The van der Waals surface area contributed by atoms with Crippen LogP contribution in [0.2, 0.25) is 0 Å². The Morgan fingerprint density at radius 2 is 1.60 bits per heavy atom. The highest BCUT2D eigenvalue weighted by atomic mass is 32.2. The highest BCUT2D eigenvalue weighted by Crippen LogP contribution is 2.26. The van der Waals surface area contributed by atoms with Gasteiger partial charge in [-0.3, -0.25) is 4.79 Å². The van der Waals surface area contributed by atoms with Crippen molar-refractivity contribution >= 4 is 36.0 Å². The predicted octanol–water partition coefficient (Wildman–Crippen LogP) is -1.36. The number of nitrogens with zero attached hydrogens (tertiary/aromatic N) is 3. The Kier molecular flexibility index (Phi) is 7.14. The second kappa shape index (κ2) is 8.98. The predicted molar refractivity (Wildman–Crippen MR) is 109 cm³/mol. The van der Waals surface area contributed by atoms with Crippen molar-refractivity contribution in [1.29, 1.82) is 0 Å². The maximum Gasteiger partial charge on any atom is 0.310 e. The highest BCUT2D eigenvalue weighted by Gasteiger charge is 2.43. The van der Waals surface area contributed by atoms with Gasteiger partial charge in [-0.15, -0.1) is 0 Å². The van der Waals surface area contributed by atoms with Gasteiger partial charge in [0.1, 0.15) is 0 Å². The van der Waals surface area contributed by atoms with E-state index in [1.54, 1.807) is 6.92 Å². The van der Waals surface area contributed by atoms with Crippen LogP contribution in [-0.2, 0) is 39.6 Å². The lowest BCUT2D eigenvalue weighted by Gasteiger charge is -2.38. The summed E-state index contributed by atoms with van der Waals surface area (Å²) in [6, 6.07) is 0. The summed E-state index contributed by atoms with van der Waals surface area (Å²) in [5.74, 6) is -1.42. The van der Waals surface area contributed by atoms with Crippen molar-refractivity contribution in [2.75, 3.05) is 57.4 Å². The zero-order chi connectivity index (χ0) is 22.2. The molecule has 3 rings (SSSR count). The smallest absolute Gasteiger partial charge is 0.310 e. The molecule has 174 valence electrons. The molecule has 0 bridgehead atoms. The van der Waals surface area contributed by atoms with Gasteiger partial charge in [0.25, 0.3) is 10.2 Å². The molecule has 11 nitrogen and oxygen atoms in total. The molecule has 3 aliphatic heterocycles. The first kappa shape index (κ1) is 23.9. The van der Waals surface area contributed by atoms with Crippen molar-refractivity contribution < 1.29 is 34.8 Å². The van der Waals surface area contributed by atoms with Crippen LogP contribution in [0.4, 0.5) is 0 Å². The van der Waals surface area contributed by atoms with Gasteiger partial charge in [-0.1, -0.05) is 0 Å². The van der Waals surface area contributed by atoms with Crippen LogP contribution in [0.3, 0.4) is 0 Å². The number of esters is 1. The number of piperidine rings is 1. The average Bonchev–Trinajstić information content (AvgIpc) is 3.09. The Bertz CT molecular complexity index is 956. The Morgan fingerprint density at radius 1 is 0.967 bits per heavy atom. The summed E-state index contributed by atoms with van der Waals surface area (Å²) in [5.41, 5.74) is 0. The number of carbonyl (C=O) groups is 1. The summed E-state index contributed by atoms with van der Waals surface area (Å²) < 4.78 is 83.5. The van der Waals surface area contributed by atoms with E-state index in [0.717, 1.165) is 0 Å². The van der Waals surface area contributed by atoms with Gasteiger partial charge in [0, 0.05) is 39.3 Å². The molecule has 30 heavy (non-hydrogen) atoms. The van der Waals surface area contributed by atoms with Gasteiger partial charge in [0.2, 0.25) is 10.0 Å². The van der Waals surface area contributed by atoms with Crippen molar-refractivity contribution in [1.82, 2.24) is 12.9 Å². The molecule has 0 aromatic heterocycles. The third kappa shape index (κ3) is 4.99. The van der Waals surface area contributed by atoms with Crippen LogP contribution in [0.25, 0.3) is 0 Å². The first-order chi connectivity index (χ1) is 14.0. The van der Waals surface area contributed by atoms with Crippen molar-refractivity contribution in [3.63, 3.8) is 0 Å². The van der Waals surface area contributed by atoms with E-state index >= 15 is 0 Å². The minimum Gasteiger partial charge on any atom is -0.466 e. The van der Waals surface area contributed by atoms with Crippen molar-refractivity contribution in [3.05, 3.63) is 0 Å². The summed E-state index contributed by atoms with van der Waals surface area (Å²) in [5, 5.41) is -0.960. The Hall–Kier alpha value is -0.800. The van der Waals surface area contributed by atoms with E-state index in [-0.39, 0.29) is 57.3 Å². The second-order valence-corrected chi connectivity index (χ2v) is 14.2. The number of rotatable bonds is 6. The monoisotopic (exact) mass is 487 g/mol. The summed E-state index contributed by atoms with van der Waals surface area (Å²) >= 11 is 0. The first-order valence-electron chi connectivity index (χ1n) is 10.1. The quantitative estimate of drug-likeness (QED) is 0.419. The third-order valence-corrected chi connectivity index (χ3v) is 12.1. The SMILES string of the molecule is CCOC(=O)[C@H]1CCCN(S(=O)(=O)N2CCN(S(=O)(=O)[C@@H]3CCS(=O)(=O)C3)CC2)C1. The number of sulfone groups is 1. The first-order valence-corrected chi connectivity index (χ1v) is 14.8. The fourth-order valence-electron chi connectivity index (χ4n) is 4.13. The van der Waals surface area contributed by atoms with E-state index in [9.17, 15) is 30.0 Å². The van der Waals surface area contributed by atoms with Crippen LogP contribution in [0.5, 0.6) is 0 Å². The molecule has 0 saturated carbocycles. The summed E-state index contributed by atoms with van der Waals surface area (Å²) in [4.78, 5) is 12.0. The molecule has 0 spiro atoms. The molecule has 2 atom stereocenters. The van der Waals surface area contributed by atoms with E-state index in [2.05, 4.69) is 0 Å². The molecule has 0 radical (unpaired) electrons. The molecular weight excluding hydrogens is 458 g/mol. The largest absolute Gasteiger partial charge is 0.466 e. The molecule has 0 N–H and O–H groups in total. The Morgan fingerprint density at radius 3 is 2.17 bits per heavy atom. The van der Waals surface area contributed by atoms with E-state index in [1.165, 1.54) is 12.9 Å². The topological polar surface area (TPSA) is 138 Å². The molecule has 3 saturated heterocycles. The zero-order valence-electron chi connectivity index (χ0n) is 17.0. The van der Waals surface area contributed by atoms with Crippen molar-refractivity contribution in [3.8, 4) is 0 Å². The van der Waals surface area contributed by atoms with Crippen LogP contribution in [0, 0.1) is 5.92 Å². The second-order valence-electron chi connectivity index (χ2n) is 7.83. The summed E-state index contributed by atoms with van der Waals surface area (Å²) in [6.07, 6.45) is 1.20. The maximum absolute atomic E-state index is 13.0. The fraction of sp³-hybridized carbons (Fsp3) is 0.938. The molecule has 3 aliphatic rings. The third-order valence-electron chi connectivity index (χ3n) is 5.83. The lowest BCUT2D eigenvalue weighted by molar-refractivity contribution is -0.149. The van der Waals surface area contributed by atoms with Crippen LogP contribution < -0.4 is 0 Å². The minimum atomic E-state index is -3.83. The molecule has 0 aromatic rings. The van der Waals surface area contributed by atoms with Gasteiger partial charge in [-0.25, -0.2) is 16.8 Å². The Labute approximate surface area is 178 Å². The standard InChI is InChI=1S/C16H29N3O8S3/c1-2-27-16(20)14-4-3-6-19(12-14)30(25,26)18-9-7-17(8-10-18)29(23,24)15-5-11-28(21,22)13-15/h14-15H,2-13H2,1H3/t14-,15+/m0/s1. The van der Waals surface area contributed by atoms with Gasteiger partial charge in [-0.2, -0.15) is 21.3 Å². The summed E-state index contributed by atoms with van der Waals surface area (Å²) in [7, 11) is -11.0. The van der Waals surface area contributed by atoms with Gasteiger partial charge in [0.05, 0.1) is 29.3 Å². The van der Waals surface area contributed by atoms with Gasteiger partial charge >= 0.3 is 5.97 Å². The fourth-order valence-corrected chi connectivity index (χ4v) is 10.3. The normalized spacial score (nSPS) is 29.6. The van der Waals surface area contributed by atoms with E-state index in [4.69, 9.17) is 4.74 Å². The number of hydrogen-bond acceptors (Lipinski definition) is 8. The van der Waals surface area contributed by atoms with Gasteiger partial charge < -0.3 is 4.74 Å². The molecule has 3 fully saturated rings. The molecular formula is C16H29N3O8S3. The Balaban J connectivity index is 1.62. The van der Waals surface area contributed by atoms with Crippen molar-refractivity contribution in [2.24, 2.45) is 5.92 Å². The summed E-state index contributed by atoms with van der Waals surface area (Å²) in [6.45, 7) is 2.23. The molecule has 14 heteroatoms. The number of ether oxygens (including phenoxy) is 1. The lowest BCUT2D eigenvalue weighted by Crippen LogP contribution is -2.56. The highest BCUT2D eigenvalue weighted by molar-refractivity contribution is 7.95. The molecule has 0 aromatic carbocycles. The van der Waals surface area contributed by atoms with E-state index in [1.807, 2.05) is 0 Å². The van der Waals surface area contributed by atoms with Crippen molar-refractivity contribution in [2.45, 2.75) is 31.4 Å². The molecule has 0 aliphatic carbocycles. The van der Waals surface area contributed by atoms with Gasteiger partial charge in [-0.05, 0) is 26.2 Å². The van der Waals surface area contributed by atoms with E-state index in [0.29, 0.717) is 19.4 Å². The van der Waals surface area contributed by atoms with E-state index < -0.39 is 47.2 Å². The van der Waals surface area contributed by atoms with Crippen LogP contribution in [0.15, 0.2) is 0 Å².